The first-order valence-electron chi connectivity index (χ1n) is 5.30. The molecule has 5 nitrogen and oxygen atoms in total. The van der Waals surface area contributed by atoms with Crippen LogP contribution in [0.25, 0.3) is 10.4 Å². The van der Waals surface area contributed by atoms with Gasteiger partial charge in [-0.1, -0.05) is 23.3 Å². The van der Waals surface area contributed by atoms with Crippen LogP contribution in [0.5, 0.6) is 0 Å². The van der Waals surface area contributed by atoms with Gasteiger partial charge in [-0.3, -0.25) is 0 Å². The first-order chi connectivity index (χ1) is 7.72. The van der Waals surface area contributed by atoms with E-state index < -0.39 is 11.3 Å². The van der Waals surface area contributed by atoms with Gasteiger partial charge in [-0.05, 0) is 30.5 Å². The summed E-state index contributed by atoms with van der Waals surface area (Å²) in [6, 6.07) is 7.90. The number of nitrogens with zero attached hydrogens (tertiary/aromatic N) is 3. The molecule has 2 aliphatic rings. The monoisotopic (exact) mass is 216 g/mol. The van der Waals surface area contributed by atoms with Crippen molar-refractivity contribution in [2.75, 3.05) is 11.9 Å². The van der Waals surface area contributed by atoms with Crippen molar-refractivity contribution < 1.29 is 4.74 Å². The smallest absolute Gasteiger partial charge is 0.151 e. The summed E-state index contributed by atoms with van der Waals surface area (Å²) in [5.41, 5.74) is 9.61. The number of hydrogen-bond acceptors (Lipinski definition) is 3. The van der Waals surface area contributed by atoms with Crippen molar-refractivity contribution in [3.8, 4) is 0 Å². The standard InChI is InChI=1S/C11H12N4O/c1-10-11(14-15-12,6-7-16-10)8-4-2-3-5-9(8)13-10/h2-5,13H,6-7H2,1H3. The van der Waals surface area contributed by atoms with Crippen LogP contribution in [-0.2, 0) is 10.3 Å². The number of nitrogens with one attached hydrogen (secondary N) is 1. The van der Waals surface area contributed by atoms with E-state index in [9.17, 15) is 0 Å². The number of anilines is 1. The van der Waals surface area contributed by atoms with Crippen LogP contribution in [0.15, 0.2) is 29.4 Å². The number of fused-ring (bicyclic) bond motifs is 3. The summed E-state index contributed by atoms with van der Waals surface area (Å²) in [4.78, 5) is 3.00. The predicted molar refractivity (Wildman–Crippen MR) is 59.9 cm³/mol. The number of hydrogen-bond donors (Lipinski definition) is 1. The Hall–Kier alpha value is -1.71. The van der Waals surface area contributed by atoms with Gasteiger partial charge >= 0.3 is 0 Å². The van der Waals surface area contributed by atoms with E-state index in [4.69, 9.17) is 10.3 Å². The molecule has 1 fully saturated rings. The van der Waals surface area contributed by atoms with Gasteiger partial charge in [0.2, 0.25) is 0 Å². The van der Waals surface area contributed by atoms with Gasteiger partial charge in [0.1, 0.15) is 5.54 Å². The highest BCUT2D eigenvalue weighted by molar-refractivity contribution is 5.63. The third kappa shape index (κ3) is 0.919. The topological polar surface area (TPSA) is 70.0 Å². The van der Waals surface area contributed by atoms with Gasteiger partial charge in [-0.15, -0.1) is 0 Å². The van der Waals surface area contributed by atoms with Gasteiger partial charge in [0, 0.05) is 10.6 Å². The summed E-state index contributed by atoms with van der Waals surface area (Å²) in [7, 11) is 0. The van der Waals surface area contributed by atoms with E-state index >= 15 is 0 Å². The summed E-state index contributed by atoms with van der Waals surface area (Å²) in [6.07, 6.45) is 0.720. The van der Waals surface area contributed by atoms with E-state index in [1.54, 1.807) is 0 Å². The van der Waals surface area contributed by atoms with E-state index in [1.165, 1.54) is 0 Å². The van der Waals surface area contributed by atoms with Crippen LogP contribution < -0.4 is 5.32 Å². The van der Waals surface area contributed by atoms with E-state index in [1.807, 2.05) is 31.2 Å². The van der Waals surface area contributed by atoms with E-state index in [-0.39, 0.29) is 0 Å². The van der Waals surface area contributed by atoms with Crippen LogP contribution in [0.4, 0.5) is 5.69 Å². The lowest BCUT2D eigenvalue weighted by Crippen LogP contribution is -2.45. The normalized spacial score (nSPS) is 34.8. The van der Waals surface area contributed by atoms with Gasteiger partial charge < -0.3 is 10.1 Å². The summed E-state index contributed by atoms with van der Waals surface area (Å²) < 4.78 is 5.73. The lowest BCUT2D eigenvalue weighted by molar-refractivity contribution is 0.0151. The van der Waals surface area contributed by atoms with Crippen molar-refractivity contribution in [2.24, 2.45) is 5.11 Å². The van der Waals surface area contributed by atoms with Crippen LogP contribution >= 0.6 is 0 Å². The van der Waals surface area contributed by atoms with E-state index in [0.29, 0.717) is 6.61 Å². The lowest BCUT2D eigenvalue weighted by atomic mass is 9.84. The van der Waals surface area contributed by atoms with Crippen molar-refractivity contribution in [1.82, 2.24) is 0 Å². The molecule has 82 valence electrons. The average Bonchev–Trinajstić information content (AvgIpc) is 2.68. The van der Waals surface area contributed by atoms with Crippen LogP contribution in [0.2, 0.25) is 0 Å². The van der Waals surface area contributed by atoms with Gasteiger partial charge in [0.15, 0.2) is 5.72 Å². The first kappa shape index (κ1) is 9.51. The molecule has 0 amide bonds. The highest BCUT2D eigenvalue weighted by Crippen LogP contribution is 2.54. The molecule has 1 aromatic carbocycles. The molecule has 0 aromatic heterocycles. The van der Waals surface area contributed by atoms with Crippen molar-refractivity contribution in [1.29, 1.82) is 0 Å². The Labute approximate surface area is 93.0 Å². The molecule has 2 aliphatic heterocycles. The SMILES string of the molecule is CC12Nc3ccccc3C1(N=[N+]=[N-])CCO2. The molecule has 2 atom stereocenters. The molecule has 16 heavy (non-hydrogen) atoms. The number of azide groups is 1. The largest absolute Gasteiger partial charge is 0.357 e. The Morgan fingerprint density at radius 3 is 3.12 bits per heavy atom. The molecule has 1 aromatic rings. The summed E-state index contributed by atoms with van der Waals surface area (Å²) in [5, 5.41) is 7.33. The van der Waals surface area contributed by atoms with Gasteiger partial charge in [0.25, 0.3) is 0 Å². The Balaban J connectivity index is 2.27. The minimum atomic E-state index is -0.608. The minimum absolute atomic E-state index is 0.599. The Kier molecular flexibility index (Phi) is 1.73. The first-order valence-corrected chi connectivity index (χ1v) is 5.30. The molecule has 0 saturated carbocycles. The predicted octanol–water partition coefficient (Wildman–Crippen LogP) is 2.75. The zero-order valence-corrected chi connectivity index (χ0v) is 8.97. The molecular formula is C11H12N4O. The average molecular weight is 216 g/mol. The fourth-order valence-electron chi connectivity index (χ4n) is 2.78. The quantitative estimate of drug-likeness (QED) is 0.445. The van der Waals surface area contributed by atoms with E-state index in [0.717, 1.165) is 17.7 Å². The second-order valence-electron chi connectivity index (χ2n) is 4.35. The number of benzene rings is 1. The van der Waals surface area contributed by atoms with Crippen LogP contribution in [-0.4, -0.2) is 12.3 Å². The molecule has 0 aliphatic carbocycles. The maximum atomic E-state index is 8.78. The Morgan fingerprint density at radius 2 is 2.31 bits per heavy atom. The molecule has 1 N–H and O–H groups in total. The van der Waals surface area contributed by atoms with Crippen LogP contribution in [0.1, 0.15) is 18.9 Å². The van der Waals surface area contributed by atoms with Crippen molar-refractivity contribution >= 4 is 5.69 Å². The summed E-state index contributed by atoms with van der Waals surface area (Å²) in [6.45, 7) is 2.55. The van der Waals surface area contributed by atoms with Crippen LogP contribution in [0.3, 0.4) is 0 Å². The molecule has 5 heteroatoms. The number of rotatable bonds is 1. The molecular weight excluding hydrogens is 204 g/mol. The molecule has 0 radical (unpaired) electrons. The second-order valence-corrected chi connectivity index (χ2v) is 4.35. The van der Waals surface area contributed by atoms with Gasteiger partial charge in [-0.25, -0.2) is 0 Å². The highest BCUT2D eigenvalue weighted by atomic mass is 16.5. The highest BCUT2D eigenvalue weighted by Gasteiger charge is 2.59. The lowest BCUT2D eigenvalue weighted by Gasteiger charge is -2.32. The van der Waals surface area contributed by atoms with Gasteiger partial charge in [-0.2, -0.15) is 0 Å². The molecule has 2 heterocycles. The maximum Gasteiger partial charge on any atom is 0.151 e. The fraction of sp³-hybridized carbons (Fsp3) is 0.455. The number of para-hydroxylation sites is 1. The van der Waals surface area contributed by atoms with Crippen molar-refractivity contribution in [2.45, 2.75) is 24.6 Å². The third-order valence-electron chi connectivity index (χ3n) is 3.61. The zero-order valence-electron chi connectivity index (χ0n) is 8.97. The molecule has 2 unspecified atom stereocenters. The molecule has 1 saturated heterocycles. The molecule has 3 rings (SSSR count). The van der Waals surface area contributed by atoms with Crippen molar-refractivity contribution in [3.05, 3.63) is 40.3 Å². The van der Waals surface area contributed by atoms with Gasteiger partial charge in [0.05, 0.1) is 6.61 Å². The molecule has 0 bridgehead atoms. The van der Waals surface area contributed by atoms with E-state index in [2.05, 4.69) is 15.3 Å². The third-order valence-corrected chi connectivity index (χ3v) is 3.61. The maximum absolute atomic E-state index is 8.78. The Bertz CT molecular complexity index is 497. The second kappa shape index (κ2) is 2.90. The fourth-order valence-corrected chi connectivity index (χ4v) is 2.78. The van der Waals surface area contributed by atoms with Crippen molar-refractivity contribution in [3.63, 3.8) is 0 Å². The van der Waals surface area contributed by atoms with Crippen LogP contribution in [0, 0.1) is 0 Å². The molecule has 0 spiro atoms. The minimum Gasteiger partial charge on any atom is -0.357 e. The number of ether oxygens (including phenoxy) is 1. The Morgan fingerprint density at radius 1 is 1.50 bits per heavy atom. The zero-order chi connectivity index (χ0) is 11.2. The summed E-state index contributed by atoms with van der Waals surface area (Å²) >= 11 is 0. The summed E-state index contributed by atoms with van der Waals surface area (Å²) in [5.74, 6) is 0.